The van der Waals surface area contributed by atoms with E-state index in [1.165, 1.54) is 0 Å². The van der Waals surface area contributed by atoms with Gasteiger partial charge in [-0.05, 0) is 31.4 Å². The first-order chi connectivity index (χ1) is 12.1. The second-order valence-corrected chi connectivity index (χ2v) is 6.69. The topological polar surface area (TPSA) is 67.2 Å². The van der Waals surface area contributed by atoms with Crippen molar-refractivity contribution in [2.75, 3.05) is 24.5 Å². The Morgan fingerprint density at radius 2 is 2.00 bits per heavy atom. The van der Waals surface area contributed by atoms with Gasteiger partial charge in [0.15, 0.2) is 5.82 Å². The van der Waals surface area contributed by atoms with Crippen LogP contribution in [-0.4, -0.2) is 35.1 Å². The van der Waals surface area contributed by atoms with E-state index in [1.807, 2.05) is 29.2 Å². The van der Waals surface area contributed by atoms with Crippen molar-refractivity contribution < 1.29 is 4.79 Å². The van der Waals surface area contributed by atoms with Gasteiger partial charge in [0.1, 0.15) is 0 Å². The molecule has 1 aromatic carbocycles. The molecule has 134 valence electrons. The van der Waals surface area contributed by atoms with Crippen LogP contribution in [0.5, 0.6) is 0 Å². The fraction of sp³-hybridized carbons (Fsp3) is 0.526. The normalized spacial score (nSPS) is 15.5. The number of hydrogen-bond acceptors (Lipinski definition) is 4. The molecule has 0 unspecified atom stereocenters. The van der Waals surface area contributed by atoms with E-state index in [-0.39, 0.29) is 17.4 Å². The SMILES string of the molecule is CCCCNC(=O)C1CCN(c2nc3ccccc3n(C)c2=O)CC1. The van der Waals surface area contributed by atoms with Crippen molar-refractivity contribution >= 4 is 22.8 Å². The summed E-state index contributed by atoms with van der Waals surface area (Å²) < 4.78 is 1.65. The lowest BCUT2D eigenvalue weighted by Crippen LogP contribution is -2.43. The molecule has 0 saturated carbocycles. The first-order valence-electron chi connectivity index (χ1n) is 9.10. The summed E-state index contributed by atoms with van der Waals surface area (Å²) in [6.45, 7) is 4.24. The molecule has 1 fully saturated rings. The second kappa shape index (κ2) is 7.68. The molecule has 0 atom stereocenters. The average Bonchev–Trinajstić information content (AvgIpc) is 2.65. The molecular weight excluding hydrogens is 316 g/mol. The summed E-state index contributed by atoms with van der Waals surface area (Å²) in [5.74, 6) is 0.677. The number of fused-ring (bicyclic) bond motifs is 1. The fourth-order valence-electron chi connectivity index (χ4n) is 3.36. The lowest BCUT2D eigenvalue weighted by atomic mass is 9.96. The van der Waals surface area contributed by atoms with E-state index in [0.717, 1.165) is 43.3 Å². The molecule has 1 aliphatic heterocycles. The van der Waals surface area contributed by atoms with E-state index in [9.17, 15) is 9.59 Å². The number of aromatic nitrogens is 2. The molecule has 0 spiro atoms. The molecule has 6 heteroatoms. The third-order valence-corrected chi connectivity index (χ3v) is 4.96. The van der Waals surface area contributed by atoms with Crippen LogP contribution in [-0.2, 0) is 11.8 Å². The Balaban J connectivity index is 1.71. The molecule has 1 aromatic heterocycles. The van der Waals surface area contributed by atoms with Gasteiger partial charge in [-0.15, -0.1) is 0 Å². The number of carbonyl (C=O) groups is 1. The molecule has 2 aromatic rings. The van der Waals surface area contributed by atoms with Crippen molar-refractivity contribution in [1.29, 1.82) is 0 Å². The Morgan fingerprint density at radius 3 is 2.72 bits per heavy atom. The average molecular weight is 342 g/mol. The summed E-state index contributed by atoms with van der Waals surface area (Å²) in [4.78, 5) is 31.5. The number of nitrogens with one attached hydrogen (secondary N) is 1. The van der Waals surface area contributed by atoms with Crippen molar-refractivity contribution in [3.8, 4) is 0 Å². The van der Waals surface area contributed by atoms with Crippen molar-refractivity contribution in [2.24, 2.45) is 13.0 Å². The highest BCUT2D eigenvalue weighted by Crippen LogP contribution is 2.21. The van der Waals surface area contributed by atoms with Gasteiger partial charge in [0.05, 0.1) is 11.0 Å². The van der Waals surface area contributed by atoms with Gasteiger partial charge in [0, 0.05) is 32.6 Å². The zero-order valence-corrected chi connectivity index (χ0v) is 15.0. The van der Waals surface area contributed by atoms with Gasteiger partial charge in [-0.3, -0.25) is 9.59 Å². The van der Waals surface area contributed by atoms with Crippen molar-refractivity contribution in [1.82, 2.24) is 14.9 Å². The monoisotopic (exact) mass is 342 g/mol. The summed E-state index contributed by atoms with van der Waals surface area (Å²) in [6, 6.07) is 7.66. The Labute approximate surface area is 147 Å². The molecule has 1 saturated heterocycles. The number of rotatable bonds is 5. The number of hydrogen-bond donors (Lipinski definition) is 1. The number of carbonyl (C=O) groups excluding carboxylic acids is 1. The van der Waals surface area contributed by atoms with Crippen LogP contribution in [0.4, 0.5) is 5.82 Å². The van der Waals surface area contributed by atoms with Crippen molar-refractivity contribution in [3.05, 3.63) is 34.6 Å². The Bertz CT molecular complexity index is 807. The molecule has 0 radical (unpaired) electrons. The summed E-state index contributed by atoms with van der Waals surface area (Å²) >= 11 is 0. The Hall–Kier alpha value is -2.37. The van der Waals surface area contributed by atoms with Crippen LogP contribution in [0.3, 0.4) is 0 Å². The largest absolute Gasteiger partial charge is 0.356 e. The number of benzene rings is 1. The minimum Gasteiger partial charge on any atom is -0.356 e. The van der Waals surface area contributed by atoms with Gasteiger partial charge in [0.25, 0.3) is 5.56 Å². The van der Waals surface area contributed by atoms with Crippen LogP contribution in [0, 0.1) is 5.92 Å². The molecule has 0 bridgehead atoms. The minimum absolute atomic E-state index is 0.0393. The van der Waals surface area contributed by atoms with Gasteiger partial charge < -0.3 is 14.8 Å². The molecule has 1 aliphatic rings. The molecular formula is C19H26N4O2. The predicted octanol–water partition coefficient (Wildman–Crippen LogP) is 2.07. The number of nitrogens with zero attached hydrogens (tertiary/aromatic N) is 3. The summed E-state index contributed by atoms with van der Waals surface area (Å²) in [6.07, 6.45) is 3.61. The standard InChI is InChI=1S/C19H26N4O2/c1-3-4-11-20-18(24)14-9-12-23(13-10-14)17-19(25)22(2)16-8-6-5-7-15(16)21-17/h5-8,14H,3-4,9-13H2,1-2H3,(H,20,24). The predicted molar refractivity (Wildman–Crippen MR) is 99.8 cm³/mol. The number of anilines is 1. The second-order valence-electron chi connectivity index (χ2n) is 6.69. The smallest absolute Gasteiger partial charge is 0.293 e. The summed E-state index contributed by atoms with van der Waals surface area (Å²) in [5, 5.41) is 3.01. The number of para-hydroxylation sites is 2. The Kier molecular flexibility index (Phi) is 5.36. The van der Waals surface area contributed by atoms with Crippen LogP contribution < -0.4 is 15.8 Å². The molecule has 2 heterocycles. The highest BCUT2D eigenvalue weighted by atomic mass is 16.2. The third-order valence-electron chi connectivity index (χ3n) is 4.96. The van der Waals surface area contributed by atoms with Crippen molar-refractivity contribution in [3.63, 3.8) is 0 Å². The summed E-state index contributed by atoms with van der Waals surface area (Å²) in [7, 11) is 1.78. The van der Waals surface area contributed by atoms with E-state index < -0.39 is 0 Å². The number of unbranched alkanes of at least 4 members (excludes halogenated alkanes) is 1. The highest BCUT2D eigenvalue weighted by Gasteiger charge is 2.27. The highest BCUT2D eigenvalue weighted by molar-refractivity contribution is 5.79. The fourth-order valence-corrected chi connectivity index (χ4v) is 3.36. The van der Waals surface area contributed by atoms with Crippen LogP contribution in [0.2, 0.25) is 0 Å². The molecule has 6 nitrogen and oxygen atoms in total. The maximum Gasteiger partial charge on any atom is 0.293 e. The van der Waals surface area contributed by atoms with Crippen LogP contribution in [0.15, 0.2) is 29.1 Å². The number of aryl methyl sites for hydroxylation is 1. The van der Waals surface area contributed by atoms with Crippen LogP contribution in [0.1, 0.15) is 32.6 Å². The molecule has 25 heavy (non-hydrogen) atoms. The number of piperidine rings is 1. The maximum atomic E-state index is 12.7. The van der Waals surface area contributed by atoms with E-state index in [4.69, 9.17) is 0 Å². The van der Waals surface area contributed by atoms with Gasteiger partial charge in [-0.25, -0.2) is 4.98 Å². The molecule has 3 rings (SSSR count). The first-order valence-corrected chi connectivity index (χ1v) is 9.10. The third kappa shape index (κ3) is 3.67. The van der Waals surface area contributed by atoms with E-state index in [2.05, 4.69) is 17.2 Å². The maximum absolute atomic E-state index is 12.7. The zero-order valence-electron chi connectivity index (χ0n) is 15.0. The quantitative estimate of drug-likeness (QED) is 0.845. The Morgan fingerprint density at radius 1 is 1.28 bits per heavy atom. The lowest BCUT2D eigenvalue weighted by Gasteiger charge is -2.32. The van der Waals surface area contributed by atoms with Gasteiger partial charge in [-0.2, -0.15) is 0 Å². The molecule has 1 amide bonds. The van der Waals surface area contributed by atoms with E-state index in [0.29, 0.717) is 18.9 Å². The lowest BCUT2D eigenvalue weighted by molar-refractivity contribution is -0.125. The van der Waals surface area contributed by atoms with Gasteiger partial charge >= 0.3 is 0 Å². The van der Waals surface area contributed by atoms with Gasteiger partial charge in [0.2, 0.25) is 5.91 Å². The van der Waals surface area contributed by atoms with Gasteiger partial charge in [-0.1, -0.05) is 25.5 Å². The van der Waals surface area contributed by atoms with Crippen molar-refractivity contribution in [2.45, 2.75) is 32.6 Å². The first kappa shape index (κ1) is 17.5. The van der Waals surface area contributed by atoms with E-state index >= 15 is 0 Å². The van der Waals surface area contributed by atoms with Crippen LogP contribution >= 0.6 is 0 Å². The molecule has 0 aliphatic carbocycles. The molecule has 1 N–H and O–H groups in total. The minimum atomic E-state index is -0.0791. The zero-order chi connectivity index (χ0) is 17.8. The number of amides is 1. The van der Waals surface area contributed by atoms with Crippen LogP contribution in [0.25, 0.3) is 11.0 Å². The summed E-state index contributed by atoms with van der Waals surface area (Å²) in [5.41, 5.74) is 1.57. The van der Waals surface area contributed by atoms with E-state index in [1.54, 1.807) is 11.6 Å².